The van der Waals surface area contributed by atoms with Crippen LogP contribution in [-0.4, -0.2) is 17.2 Å². The van der Waals surface area contributed by atoms with Crippen molar-refractivity contribution >= 4 is 29.2 Å². The number of hydrogen-bond donors (Lipinski definition) is 1. The van der Waals surface area contributed by atoms with Crippen LogP contribution in [0.25, 0.3) is 11.3 Å². The highest BCUT2D eigenvalue weighted by Crippen LogP contribution is 2.30. The predicted molar refractivity (Wildman–Crippen MR) is 74.3 cm³/mol. The summed E-state index contributed by atoms with van der Waals surface area (Å²) in [5, 5.41) is 5.21. The first-order valence-electron chi connectivity index (χ1n) is 6.08. The lowest BCUT2D eigenvalue weighted by molar-refractivity contribution is -0.117. The summed E-state index contributed by atoms with van der Waals surface area (Å²) in [4.78, 5) is 26.4. The van der Waals surface area contributed by atoms with Crippen molar-refractivity contribution in [3.05, 3.63) is 34.7 Å². The number of aldehydes is 1. The van der Waals surface area contributed by atoms with E-state index in [9.17, 15) is 9.59 Å². The molecule has 1 fully saturated rings. The molecule has 1 N–H and O–H groups in total. The van der Waals surface area contributed by atoms with E-state index in [1.165, 1.54) is 11.3 Å². The van der Waals surface area contributed by atoms with Crippen LogP contribution in [0, 0.1) is 5.92 Å². The second-order valence-electron chi connectivity index (χ2n) is 4.53. The Labute approximate surface area is 114 Å². The van der Waals surface area contributed by atoms with Crippen LogP contribution in [0.3, 0.4) is 0 Å². The molecule has 3 rings (SSSR count). The highest BCUT2D eigenvalue weighted by Gasteiger charge is 2.29. The van der Waals surface area contributed by atoms with Gasteiger partial charge in [0.2, 0.25) is 5.91 Å². The van der Waals surface area contributed by atoms with Crippen molar-refractivity contribution in [2.45, 2.75) is 12.8 Å². The first-order chi connectivity index (χ1) is 9.26. The van der Waals surface area contributed by atoms with Crippen molar-refractivity contribution in [2.75, 3.05) is 5.32 Å². The maximum absolute atomic E-state index is 11.6. The van der Waals surface area contributed by atoms with Gasteiger partial charge in [-0.3, -0.25) is 9.59 Å². The molecule has 1 aromatic carbocycles. The normalized spacial score (nSPS) is 14.1. The molecule has 4 nitrogen and oxygen atoms in total. The Balaban J connectivity index is 1.74. The van der Waals surface area contributed by atoms with Crippen LogP contribution in [0.5, 0.6) is 0 Å². The highest BCUT2D eigenvalue weighted by molar-refractivity contribution is 7.11. The maximum atomic E-state index is 11.6. The van der Waals surface area contributed by atoms with E-state index in [1.54, 1.807) is 0 Å². The quantitative estimate of drug-likeness (QED) is 0.870. The molecule has 19 heavy (non-hydrogen) atoms. The van der Waals surface area contributed by atoms with Crippen molar-refractivity contribution in [3.63, 3.8) is 0 Å². The molecule has 1 aliphatic rings. The molecule has 0 spiro atoms. The number of thiazole rings is 1. The van der Waals surface area contributed by atoms with Gasteiger partial charge < -0.3 is 5.32 Å². The average molecular weight is 272 g/mol. The molecule has 0 radical (unpaired) electrons. The van der Waals surface area contributed by atoms with Gasteiger partial charge in [-0.05, 0) is 25.0 Å². The minimum Gasteiger partial charge on any atom is -0.326 e. The molecule has 1 heterocycles. The van der Waals surface area contributed by atoms with E-state index < -0.39 is 0 Å². The Morgan fingerprint density at radius 2 is 2.05 bits per heavy atom. The third kappa shape index (κ3) is 2.71. The van der Waals surface area contributed by atoms with Gasteiger partial charge in [-0.2, -0.15) is 0 Å². The number of carbonyl (C=O) groups is 2. The van der Waals surface area contributed by atoms with Crippen LogP contribution in [-0.2, 0) is 4.79 Å². The van der Waals surface area contributed by atoms with Crippen LogP contribution in [0.1, 0.15) is 22.6 Å². The standard InChI is InChI=1S/C14H12N2O2S/c17-7-13-16-12(8-19-13)9-3-5-11(6-4-9)15-14(18)10-1-2-10/h3-8,10H,1-2H2,(H,15,18). The molecule has 0 bridgehead atoms. The fourth-order valence-corrected chi connectivity index (χ4v) is 2.42. The zero-order valence-electron chi connectivity index (χ0n) is 10.1. The fraction of sp³-hybridized carbons (Fsp3) is 0.214. The molecule has 0 saturated heterocycles. The number of benzene rings is 1. The number of anilines is 1. The van der Waals surface area contributed by atoms with Gasteiger partial charge in [-0.25, -0.2) is 4.98 Å². The van der Waals surface area contributed by atoms with Gasteiger partial charge in [0.05, 0.1) is 5.69 Å². The van der Waals surface area contributed by atoms with E-state index >= 15 is 0 Å². The third-order valence-electron chi connectivity index (χ3n) is 3.02. The number of nitrogens with one attached hydrogen (secondary N) is 1. The molecule has 0 aliphatic heterocycles. The lowest BCUT2D eigenvalue weighted by atomic mass is 10.1. The second kappa shape index (κ2) is 4.93. The number of nitrogens with zero attached hydrogens (tertiary/aromatic N) is 1. The van der Waals surface area contributed by atoms with Gasteiger partial charge in [0.15, 0.2) is 11.3 Å². The largest absolute Gasteiger partial charge is 0.326 e. The number of amides is 1. The highest BCUT2D eigenvalue weighted by atomic mass is 32.1. The minimum atomic E-state index is 0.102. The summed E-state index contributed by atoms with van der Waals surface area (Å²) in [5.41, 5.74) is 2.52. The lowest BCUT2D eigenvalue weighted by Crippen LogP contribution is -2.12. The van der Waals surface area contributed by atoms with Crippen molar-refractivity contribution in [2.24, 2.45) is 5.92 Å². The number of carbonyl (C=O) groups excluding carboxylic acids is 2. The number of hydrogen-bond acceptors (Lipinski definition) is 4. The van der Waals surface area contributed by atoms with Crippen molar-refractivity contribution < 1.29 is 9.59 Å². The summed E-state index contributed by atoms with van der Waals surface area (Å²) in [6.45, 7) is 0. The zero-order valence-corrected chi connectivity index (χ0v) is 10.9. The molecule has 5 heteroatoms. The van der Waals surface area contributed by atoms with E-state index in [2.05, 4.69) is 10.3 Å². The van der Waals surface area contributed by atoms with E-state index in [0.29, 0.717) is 5.01 Å². The molecule has 0 atom stereocenters. The first-order valence-corrected chi connectivity index (χ1v) is 6.96. The van der Waals surface area contributed by atoms with Crippen molar-refractivity contribution in [1.82, 2.24) is 4.98 Å². The van der Waals surface area contributed by atoms with Gasteiger partial charge in [0.1, 0.15) is 0 Å². The number of rotatable bonds is 4. The third-order valence-corrected chi connectivity index (χ3v) is 3.79. The molecule has 1 aromatic heterocycles. The van der Waals surface area contributed by atoms with Gasteiger partial charge >= 0.3 is 0 Å². The lowest BCUT2D eigenvalue weighted by Gasteiger charge is -2.04. The van der Waals surface area contributed by atoms with Gasteiger partial charge in [-0.1, -0.05) is 12.1 Å². The molecule has 2 aromatic rings. The topological polar surface area (TPSA) is 59.1 Å². The minimum absolute atomic E-state index is 0.102. The average Bonchev–Trinajstić information content (AvgIpc) is 3.18. The summed E-state index contributed by atoms with van der Waals surface area (Å²) >= 11 is 1.32. The fourth-order valence-electron chi connectivity index (χ4n) is 1.79. The van der Waals surface area contributed by atoms with Crippen LogP contribution in [0.4, 0.5) is 5.69 Å². The van der Waals surface area contributed by atoms with Crippen LogP contribution in [0.2, 0.25) is 0 Å². The Morgan fingerprint density at radius 1 is 1.32 bits per heavy atom. The molecular formula is C14H12N2O2S. The maximum Gasteiger partial charge on any atom is 0.227 e. The van der Waals surface area contributed by atoms with Crippen LogP contribution < -0.4 is 5.32 Å². The van der Waals surface area contributed by atoms with Gasteiger partial charge in [0, 0.05) is 22.5 Å². The Bertz CT molecular complexity index is 615. The predicted octanol–water partition coefficient (Wildman–Crippen LogP) is 2.97. The SMILES string of the molecule is O=Cc1nc(-c2ccc(NC(=O)C3CC3)cc2)cs1. The number of aromatic nitrogens is 1. The molecule has 1 aliphatic carbocycles. The van der Waals surface area contributed by atoms with Gasteiger partial charge in [-0.15, -0.1) is 11.3 Å². The first kappa shape index (κ1) is 12.0. The summed E-state index contributed by atoms with van der Waals surface area (Å²) in [6.07, 6.45) is 2.74. The van der Waals surface area contributed by atoms with E-state index in [-0.39, 0.29) is 11.8 Å². The monoisotopic (exact) mass is 272 g/mol. The Kier molecular flexibility index (Phi) is 3.13. The molecule has 1 amide bonds. The molecule has 0 unspecified atom stereocenters. The molecular weight excluding hydrogens is 260 g/mol. The summed E-state index contributed by atoms with van der Waals surface area (Å²) < 4.78 is 0. The zero-order chi connectivity index (χ0) is 13.2. The summed E-state index contributed by atoms with van der Waals surface area (Å²) in [6, 6.07) is 7.50. The van der Waals surface area contributed by atoms with Crippen LogP contribution in [0.15, 0.2) is 29.6 Å². The van der Waals surface area contributed by atoms with Crippen molar-refractivity contribution in [1.29, 1.82) is 0 Å². The molecule has 96 valence electrons. The van der Waals surface area contributed by atoms with E-state index in [4.69, 9.17) is 0 Å². The summed E-state index contributed by atoms with van der Waals surface area (Å²) in [7, 11) is 0. The van der Waals surface area contributed by atoms with E-state index in [0.717, 1.165) is 36.1 Å². The Hall–Kier alpha value is -2.01. The summed E-state index contributed by atoms with van der Waals surface area (Å²) in [5.74, 6) is 0.304. The molecule has 1 saturated carbocycles. The Morgan fingerprint density at radius 3 is 2.63 bits per heavy atom. The van der Waals surface area contributed by atoms with Gasteiger partial charge in [0.25, 0.3) is 0 Å². The van der Waals surface area contributed by atoms with Crippen LogP contribution >= 0.6 is 11.3 Å². The smallest absolute Gasteiger partial charge is 0.227 e. The van der Waals surface area contributed by atoms with E-state index in [1.807, 2.05) is 29.6 Å². The second-order valence-corrected chi connectivity index (χ2v) is 5.42. The van der Waals surface area contributed by atoms with Crippen molar-refractivity contribution in [3.8, 4) is 11.3 Å².